The number of hydrogen-bond acceptors (Lipinski definition) is 3. The molecule has 3 heterocycles. The van der Waals surface area contributed by atoms with Gasteiger partial charge in [0.2, 0.25) is 0 Å². The summed E-state index contributed by atoms with van der Waals surface area (Å²) in [5.74, 6) is 1.08. The largest absolute Gasteiger partial charge is 0.369 e. The third-order valence-electron chi connectivity index (χ3n) is 3.61. The second-order valence-corrected chi connectivity index (χ2v) is 5.87. The molecule has 0 saturated carbocycles. The molecule has 0 amide bonds. The Morgan fingerprint density at radius 3 is 2.90 bits per heavy atom. The molecular formula is C16H13BrN4. The van der Waals surface area contributed by atoms with Crippen LogP contribution in [0.2, 0.25) is 0 Å². The third kappa shape index (κ3) is 2.14. The Bertz CT molecular complexity index is 795. The predicted molar refractivity (Wildman–Crippen MR) is 86.7 cm³/mol. The van der Waals surface area contributed by atoms with Gasteiger partial charge in [0.05, 0.1) is 11.4 Å². The second-order valence-electron chi connectivity index (χ2n) is 4.96. The first kappa shape index (κ1) is 12.6. The fraction of sp³-hybridized carbons (Fsp3) is 0.125. The molecule has 0 bridgehead atoms. The van der Waals surface area contributed by atoms with Gasteiger partial charge < -0.3 is 5.32 Å². The molecule has 0 aliphatic carbocycles. The molecule has 1 aliphatic heterocycles. The minimum atomic E-state index is 0.922. The summed E-state index contributed by atoms with van der Waals surface area (Å²) in [5, 5.41) is 8.22. The van der Waals surface area contributed by atoms with Crippen LogP contribution in [0, 0.1) is 0 Å². The van der Waals surface area contributed by atoms with Crippen LogP contribution in [0.4, 0.5) is 5.82 Å². The summed E-state index contributed by atoms with van der Waals surface area (Å²) >= 11 is 3.52. The second kappa shape index (κ2) is 5.00. The van der Waals surface area contributed by atoms with Crippen molar-refractivity contribution in [2.75, 3.05) is 11.9 Å². The van der Waals surface area contributed by atoms with E-state index in [1.165, 1.54) is 5.56 Å². The van der Waals surface area contributed by atoms with E-state index in [0.29, 0.717) is 0 Å². The predicted octanol–water partition coefficient (Wildman–Crippen LogP) is 3.66. The van der Waals surface area contributed by atoms with Crippen LogP contribution in [-0.2, 0) is 6.42 Å². The number of nitrogens with zero attached hydrogens (tertiary/aromatic N) is 3. The minimum Gasteiger partial charge on any atom is -0.369 e. The van der Waals surface area contributed by atoms with Crippen LogP contribution in [0.5, 0.6) is 0 Å². The van der Waals surface area contributed by atoms with Gasteiger partial charge in [-0.05, 0) is 36.8 Å². The van der Waals surface area contributed by atoms with Crippen molar-refractivity contribution in [3.05, 3.63) is 58.7 Å². The Kier molecular flexibility index (Phi) is 3.00. The van der Waals surface area contributed by atoms with E-state index in [1.807, 2.05) is 41.2 Å². The highest BCUT2D eigenvalue weighted by molar-refractivity contribution is 9.10. The smallest absolute Gasteiger partial charge is 0.133 e. The standard InChI is InChI=1S/C16H13BrN4/c17-11-4-3-5-12(10-11)21-16-13(7-9-19-16)15(20-21)14-6-1-2-8-18-14/h1-6,8,10,19H,7,9H2. The van der Waals surface area contributed by atoms with E-state index >= 15 is 0 Å². The van der Waals surface area contributed by atoms with Gasteiger partial charge in [0.25, 0.3) is 0 Å². The van der Waals surface area contributed by atoms with Gasteiger partial charge in [-0.1, -0.05) is 28.1 Å². The molecule has 104 valence electrons. The van der Waals surface area contributed by atoms with E-state index in [1.54, 1.807) is 0 Å². The maximum absolute atomic E-state index is 4.78. The fourth-order valence-corrected chi connectivity index (χ4v) is 3.07. The van der Waals surface area contributed by atoms with Crippen molar-refractivity contribution in [1.29, 1.82) is 0 Å². The summed E-state index contributed by atoms with van der Waals surface area (Å²) in [6.07, 6.45) is 2.79. The summed E-state index contributed by atoms with van der Waals surface area (Å²) in [6, 6.07) is 14.1. The first-order chi connectivity index (χ1) is 10.3. The summed E-state index contributed by atoms with van der Waals surface area (Å²) in [6.45, 7) is 0.945. The first-order valence-corrected chi connectivity index (χ1v) is 7.65. The van der Waals surface area contributed by atoms with Crippen LogP contribution in [0.3, 0.4) is 0 Å². The maximum Gasteiger partial charge on any atom is 0.133 e. The Morgan fingerprint density at radius 2 is 2.10 bits per heavy atom. The van der Waals surface area contributed by atoms with Crippen molar-refractivity contribution >= 4 is 21.7 Å². The Morgan fingerprint density at radius 1 is 1.14 bits per heavy atom. The molecule has 5 heteroatoms. The lowest BCUT2D eigenvalue weighted by Gasteiger charge is -2.06. The van der Waals surface area contributed by atoms with Gasteiger partial charge in [0.15, 0.2) is 0 Å². The molecule has 0 fully saturated rings. The number of anilines is 1. The molecule has 4 nitrogen and oxygen atoms in total. The number of nitrogens with one attached hydrogen (secondary N) is 1. The molecule has 1 N–H and O–H groups in total. The number of pyridine rings is 1. The first-order valence-electron chi connectivity index (χ1n) is 6.86. The van der Waals surface area contributed by atoms with Crippen LogP contribution in [0.25, 0.3) is 17.1 Å². The molecule has 0 spiro atoms. The summed E-state index contributed by atoms with van der Waals surface area (Å²) in [7, 11) is 0. The number of fused-ring (bicyclic) bond motifs is 1. The van der Waals surface area contributed by atoms with Crippen LogP contribution in [-0.4, -0.2) is 21.3 Å². The van der Waals surface area contributed by atoms with Gasteiger partial charge in [0, 0.05) is 22.8 Å². The number of halogens is 1. The quantitative estimate of drug-likeness (QED) is 0.774. The number of hydrogen-bond donors (Lipinski definition) is 1. The summed E-state index contributed by atoms with van der Waals surface area (Å²) < 4.78 is 3.01. The average molecular weight is 341 g/mol. The average Bonchev–Trinajstić information content (AvgIpc) is 3.10. The molecule has 21 heavy (non-hydrogen) atoms. The Hall–Kier alpha value is -2.14. The van der Waals surface area contributed by atoms with E-state index in [-0.39, 0.29) is 0 Å². The zero-order valence-electron chi connectivity index (χ0n) is 11.3. The Balaban J connectivity index is 1.91. The van der Waals surface area contributed by atoms with Crippen molar-refractivity contribution < 1.29 is 0 Å². The highest BCUT2D eigenvalue weighted by atomic mass is 79.9. The van der Waals surface area contributed by atoms with Crippen LogP contribution in [0.15, 0.2) is 53.1 Å². The number of rotatable bonds is 2. The van der Waals surface area contributed by atoms with Crippen molar-refractivity contribution in [1.82, 2.24) is 14.8 Å². The molecule has 0 saturated heterocycles. The van der Waals surface area contributed by atoms with E-state index < -0.39 is 0 Å². The van der Waals surface area contributed by atoms with Crippen molar-refractivity contribution in [2.45, 2.75) is 6.42 Å². The highest BCUT2D eigenvalue weighted by Crippen LogP contribution is 2.33. The molecule has 0 radical (unpaired) electrons. The van der Waals surface area contributed by atoms with Gasteiger partial charge in [0.1, 0.15) is 11.5 Å². The maximum atomic E-state index is 4.78. The summed E-state index contributed by atoms with van der Waals surface area (Å²) in [4.78, 5) is 4.44. The molecule has 1 aliphatic rings. The normalized spacial score (nSPS) is 13.0. The van der Waals surface area contributed by atoms with Crippen LogP contribution >= 0.6 is 15.9 Å². The van der Waals surface area contributed by atoms with Crippen molar-refractivity contribution in [3.8, 4) is 17.1 Å². The molecule has 1 aromatic carbocycles. The highest BCUT2D eigenvalue weighted by Gasteiger charge is 2.24. The monoisotopic (exact) mass is 340 g/mol. The van der Waals surface area contributed by atoms with Gasteiger partial charge in [-0.3, -0.25) is 4.98 Å². The van der Waals surface area contributed by atoms with Gasteiger partial charge in [-0.2, -0.15) is 5.10 Å². The fourth-order valence-electron chi connectivity index (χ4n) is 2.68. The Labute approximate surface area is 131 Å². The SMILES string of the molecule is Brc1cccc(-n2nc(-c3ccccn3)c3c2NCC3)c1. The molecule has 2 aromatic heterocycles. The number of benzene rings is 1. The lowest BCUT2D eigenvalue weighted by atomic mass is 10.1. The van der Waals surface area contributed by atoms with Gasteiger partial charge in [-0.15, -0.1) is 0 Å². The minimum absolute atomic E-state index is 0.922. The zero-order valence-corrected chi connectivity index (χ0v) is 12.8. The van der Waals surface area contributed by atoms with Gasteiger partial charge >= 0.3 is 0 Å². The molecule has 0 atom stereocenters. The number of aromatic nitrogens is 3. The molecule has 0 unspecified atom stereocenters. The van der Waals surface area contributed by atoms with E-state index in [2.05, 4.69) is 38.4 Å². The molecule has 4 rings (SSSR count). The molecular weight excluding hydrogens is 328 g/mol. The summed E-state index contributed by atoms with van der Waals surface area (Å²) in [5.41, 5.74) is 4.17. The van der Waals surface area contributed by atoms with Crippen molar-refractivity contribution in [2.24, 2.45) is 0 Å². The van der Waals surface area contributed by atoms with Crippen LogP contribution in [0.1, 0.15) is 5.56 Å². The van der Waals surface area contributed by atoms with Crippen LogP contribution < -0.4 is 5.32 Å². The lowest BCUT2D eigenvalue weighted by molar-refractivity contribution is 0.879. The lowest BCUT2D eigenvalue weighted by Crippen LogP contribution is -2.04. The van der Waals surface area contributed by atoms with E-state index in [9.17, 15) is 0 Å². The zero-order chi connectivity index (χ0) is 14.2. The third-order valence-corrected chi connectivity index (χ3v) is 4.10. The van der Waals surface area contributed by atoms with E-state index in [4.69, 9.17) is 5.10 Å². The topological polar surface area (TPSA) is 42.7 Å². The molecule has 3 aromatic rings. The van der Waals surface area contributed by atoms with Crippen molar-refractivity contribution in [3.63, 3.8) is 0 Å². The van der Waals surface area contributed by atoms with Gasteiger partial charge in [-0.25, -0.2) is 4.68 Å². The van der Waals surface area contributed by atoms with E-state index in [0.717, 1.165) is 40.3 Å².